The first-order valence-electron chi connectivity index (χ1n) is 6.38. The number of hydrogen-bond donors (Lipinski definition) is 0. The lowest BCUT2D eigenvalue weighted by atomic mass is 9.90. The Kier molecular flexibility index (Phi) is 1.92. The Morgan fingerprint density at radius 1 is 0.769 bits per heavy atom. The van der Waals surface area contributed by atoms with Gasteiger partial charge < -0.3 is 0 Å². The minimum absolute atomic E-state index is 1.07. The largest absolute Gasteiger partial charge is 0.0622 e. The lowest BCUT2D eigenvalue weighted by molar-refractivity contribution is 0.349. The van der Waals surface area contributed by atoms with E-state index < -0.39 is 0 Å². The van der Waals surface area contributed by atoms with Gasteiger partial charge in [-0.15, -0.1) is 0 Å². The second-order valence-electron chi connectivity index (χ2n) is 5.77. The fourth-order valence-electron chi connectivity index (χ4n) is 4.46. The molecule has 0 bridgehead atoms. The molecule has 13 heavy (non-hydrogen) atoms. The molecule has 0 amide bonds. The Hall–Kier alpha value is 0. The third-order valence-corrected chi connectivity index (χ3v) is 5.10. The molecule has 0 heteroatoms. The Morgan fingerprint density at radius 3 is 2.54 bits per heavy atom. The van der Waals surface area contributed by atoms with Gasteiger partial charge in [-0.3, -0.25) is 0 Å². The molecule has 4 unspecified atom stereocenters. The van der Waals surface area contributed by atoms with Crippen LogP contribution in [0.15, 0.2) is 0 Å². The zero-order valence-electron chi connectivity index (χ0n) is 8.84. The second-order valence-corrected chi connectivity index (χ2v) is 5.77. The van der Waals surface area contributed by atoms with Crippen molar-refractivity contribution < 1.29 is 0 Å². The zero-order chi connectivity index (χ0) is 8.84. The van der Waals surface area contributed by atoms with Crippen LogP contribution in [0.25, 0.3) is 0 Å². The highest BCUT2D eigenvalue weighted by Gasteiger charge is 2.58. The van der Waals surface area contributed by atoms with Crippen molar-refractivity contribution in [1.29, 1.82) is 0 Å². The Balaban J connectivity index is 1.74. The molecule has 0 spiro atoms. The molecule has 3 fully saturated rings. The van der Waals surface area contributed by atoms with E-state index in [1.165, 1.54) is 43.4 Å². The van der Waals surface area contributed by atoms with Gasteiger partial charge in [-0.25, -0.2) is 0 Å². The first-order chi connectivity index (χ1) is 6.38. The van der Waals surface area contributed by atoms with Crippen LogP contribution < -0.4 is 0 Å². The molecule has 3 aliphatic rings. The predicted octanol–water partition coefficient (Wildman–Crippen LogP) is 3.86. The van der Waals surface area contributed by atoms with Crippen LogP contribution in [-0.4, -0.2) is 0 Å². The average Bonchev–Trinajstić information content (AvgIpc) is 2.70. The molecular formula is C13H22. The van der Waals surface area contributed by atoms with Crippen molar-refractivity contribution in [2.45, 2.75) is 51.9 Å². The monoisotopic (exact) mass is 178 g/mol. The van der Waals surface area contributed by atoms with Crippen LogP contribution in [0.3, 0.4) is 0 Å². The summed E-state index contributed by atoms with van der Waals surface area (Å²) in [6, 6.07) is 0. The highest BCUT2D eigenvalue weighted by atomic mass is 14.6. The van der Waals surface area contributed by atoms with Crippen LogP contribution in [0.5, 0.6) is 0 Å². The summed E-state index contributed by atoms with van der Waals surface area (Å²) >= 11 is 0. The number of rotatable bonds is 0. The Morgan fingerprint density at radius 2 is 1.62 bits per heavy atom. The van der Waals surface area contributed by atoms with E-state index in [1.54, 1.807) is 19.3 Å². The molecule has 0 aromatic heterocycles. The van der Waals surface area contributed by atoms with Gasteiger partial charge in [0.05, 0.1) is 0 Å². The van der Waals surface area contributed by atoms with Gasteiger partial charge >= 0.3 is 0 Å². The molecule has 74 valence electrons. The second kappa shape index (κ2) is 3.00. The summed E-state index contributed by atoms with van der Waals surface area (Å²) in [5.41, 5.74) is 0. The molecular weight excluding hydrogens is 156 g/mol. The van der Waals surface area contributed by atoms with Gasteiger partial charge in [0.15, 0.2) is 0 Å². The van der Waals surface area contributed by atoms with Crippen molar-refractivity contribution in [3.8, 4) is 0 Å². The summed E-state index contributed by atoms with van der Waals surface area (Å²) in [5.74, 6) is 5.80. The fraction of sp³-hybridized carbons (Fsp3) is 1.00. The molecule has 0 aromatic carbocycles. The van der Waals surface area contributed by atoms with Crippen LogP contribution in [-0.2, 0) is 0 Å². The standard InChI is InChI=1S/C13H22/c1-9-5-3-2-4-6-10-7-8-11-12(9)13(10)11/h9-13H,2-8H2,1H3/t9?,10?,11-,12?,13?/m1/s1. The highest BCUT2D eigenvalue weighted by Crippen LogP contribution is 2.65. The smallest absolute Gasteiger partial charge is 0.0321 e. The maximum atomic E-state index is 2.52. The van der Waals surface area contributed by atoms with E-state index >= 15 is 0 Å². The normalized spacial score (nSPS) is 54.7. The van der Waals surface area contributed by atoms with Crippen LogP contribution in [0, 0.1) is 29.6 Å². The van der Waals surface area contributed by atoms with Crippen molar-refractivity contribution in [2.24, 2.45) is 29.6 Å². The first-order valence-corrected chi connectivity index (χ1v) is 6.38. The summed E-state index contributed by atoms with van der Waals surface area (Å²) < 4.78 is 0. The van der Waals surface area contributed by atoms with Gasteiger partial charge in [-0.1, -0.05) is 39.0 Å². The van der Waals surface area contributed by atoms with Crippen LogP contribution in [0.1, 0.15) is 51.9 Å². The minimum Gasteiger partial charge on any atom is -0.0622 e. The van der Waals surface area contributed by atoms with E-state index in [0.717, 1.165) is 11.8 Å². The molecule has 0 aromatic rings. The maximum absolute atomic E-state index is 2.52. The highest BCUT2D eigenvalue weighted by molar-refractivity contribution is 5.07. The number of hydrogen-bond acceptors (Lipinski definition) is 0. The first kappa shape index (κ1) is 8.32. The van der Waals surface area contributed by atoms with E-state index in [2.05, 4.69) is 6.92 Å². The van der Waals surface area contributed by atoms with Crippen LogP contribution in [0.2, 0.25) is 0 Å². The molecule has 0 N–H and O–H groups in total. The van der Waals surface area contributed by atoms with E-state index in [9.17, 15) is 0 Å². The van der Waals surface area contributed by atoms with Crippen LogP contribution >= 0.6 is 0 Å². The molecule has 3 rings (SSSR count). The molecule has 0 nitrogen and oxygen atoms in total. The molecule has 0 aliphatic heterocycles. The molecule has 0 radical (unpaired) electrons. The van der Waals surface area contributed by atoms with Crippen molar-refractivity contribution in [3.63, 3.8) is 0 Å². The predicted molar refractivity (Wildman–Crippen MR) is 55.4 cm³/mol. The van der Waals surface area contributed by atoms with Crippen molar-refractivity contribution in [2.75, 3.05) is 0 Å². The van der Waals surface area contributed by atoms with E-state index in [-0.39, 0.29) is 0 Å². The summed E-state index contributed by atoms with van der Waals surface area (Å²) in [7, 11) is 0. The van der Waals surface area contributed by atoms with Crippen molar-refractivity contribution in [3.05, 3.63) is 0 Å². The molecule has 0 saturated heterocycles. The van der Waals surface area contributed by atoms with Crippen LogP contribution in [0.4, 0.5) is 0 Å². The average molecular weight is 178 g/mol. The lowest BCUT2D eigenvalue weighted by Crippen LogP contribution is -2.06. The number of fused-ring (bicyclic) bond motifs is 1. The lowest BCUT2D eigenvalue weighted by Gasteiger charge is -2.15. The maximum Gasteiger partial charge on any atom is -0.0321 e. The summed E-state index contributed by atoms with van der Waals surface area (Å²) in [4.78, 5) is 0. The Labute approximate surface area is 82.1 Å². The van der Waals surface area contributed by atoms with Gasteiger partial charge in [0.25, 0.3) is 0 Å². The third-order valence-electron chi connectivity index (χ3n) is 5.10. The van der Waals surface area contributed by atoms with Gasteiger partial charge in [-0.2, -0.15) is 0 Å². The zero-order valence-corrected chi connectivity index (χ0v) is 8.84. The molecule has 5 atom stereocenters. The SMILES string of the molecule is CC1CCCCCC2CC[C@@H]3C1C23. The Bertz CT molecular complexity index is 192. The van der Waals surface area contributed by atoms with E-state index in [1.807, 2.05) is 0 Å². The topological polar surface area (TPSA) is 0 Å². The molecule has 0 heterocycles. The van der Waals surface area contributed by atoms with Gasteiger partial charge in [0.1, 0.15) is 0 Å². The van der Waals surface area contributed by atoms with Gasteiger partial charge in [0.2, 0.25) is 0 Å². The van der Waals surface area contributed by atoms with Crippen molar-refractivity contribution >= 4 is 0 Å². The molecule has 3 aliphatic carbocycles. The summed E-state index contributed by atoms with van der Waals surface area (Å²) in [5, 5.41) is 0. The minimum atomic E-state index is 1.07. The quantitative estimate of drug-likeness (QED) is 0.528. The van der Waals surface area contributed by atoms with Gasteiger partial charge in [0, 0.05) is 0 Å². The third kappa shape index (κ3) is 1.25. The fourth-order valence-corrected chi connectivity index (χ4v) is 4.46. The summed E-state index contributed by atoms with van der Waals surface area (Å²) in [6.07, 6.45) is 10.8. The van der Waals surface area contributed by atoms with Crippen molar-refractivity contribution in [1.82, 2.24) is 0 Å². The van der Waals surface area contributed by atoms with E-state index in [4.69, 9.17) is 0 Å². The van der Waals surface area contributed by atoms with E-state index in [0.29, 0.717) is 0 Å². The molecule has 3 saturated carbocycles. The van der Waals surface area contributed by atoms with Gasteiger partial charge in [-0.05, 0) is 42.4 Å². The summed E-state index contributed by atoms with van der Waals surface area (Å²) in [6.45, 7) is 2.52.